The summed E-state index contributed by atoms with van der Waals surface area (Å²) in [4.78, 5) is 0. The fraction of sp³-hybridized carbons (Fsp3) is 1.00. The lowest BCUT2D eigenvalue weighted by Crippen LogP contribution is -1.97. The average Bonchev–Trinajstić information content (AvgIpc) is 2.50. The molecule has 0 bridgehead atoms. The first kappa shape index (κ1) is 24.6. The van der Waals surface area contributed by atoms with Gasteiger partial charge in [-0.05, 0) is 12.8 Å². The van der Waals surface area contributed by atoms with Crippen molar-refractivity contribution in [2.45, 2.75) is 117 Å². The van der Waals surface area contributed by atoms with Crippen LogP contribution in [0.5, 0.6) is 0 Å². The Hall–Kier alpha value is 0.390. The molecule has 22 heavy (non-hydrogen) atoms. The minimum absolute atomic E-state index is 0. The third-order valence-corrected chi connectivity index (χ3v) is 4.28. The maximum Gasteiger partial charge on any atom is 0.0466 e. The molecular formula is C20H45OP. The molecule has 0 aromatic rings. The van der Waals surface area contributed by atoms with E-state index in [9.17, 15) is 0 Å². The largest absolute Gasteiger partial charge is 0.381 e. The molecular weight excluding hydrogens is 287 g/mol. The molecule has 0 saturated carbocycles. The van der Waals surface area contributed by atoms with E-state index in [0.717, 1.165) is 13.2 Å². The molecule has 0 aromatic heterocycles. The van der Waals surface area contributed by atoms with Crippen LogP contribution in [0, 0.1) is 0 Å². The number of unbranched alkanes of at least 4 members (excludes halogenated alkanes) is 14. The summed E-state index contributed by atoms with van der Waals surface area (Å²) in [6, 6.07) is 0. The molecule has 0 N–H and O–H groups in total. The van der Waals surface area contributed by atoms with Gasteiger partial charge in [0.1, 0.15) is 0 Å². The highest BCUT2D eigenvalue weighted by atomic mass is 31.0. The molecule has 0 aliphatic heterocycles. The minimum atomic E-state index is 0. The molecule has 2 heteroatoms. The average molecular weight is 333 g/mol. The second kappa shape index (κ2) is 23.7. The second-order valence-corrected chi connectivity index (χ2v) is 6.56. The molecule has 0 radical (unpaired) electrons. The van der Waals surface area contributed by atoms with E-state index >= 15 is 0 Å². The van der Waals surface area contributed by atoms with Crippen molar-refractivity contribution in [2.24, 2.45) is 0 Å². The molecule has 0 rings (SSSR count). The summed E-state index contributed by atoms with van der Waals surface area (Å²) in [6.45, 7) is 6.55. The van der Waals surface area contributed by atoms with Crippen LogP contribution in [0.15, 0.2) is 0 Å². The van der Waals surface area contributed by atoms with Crippen LogP contribution in [0.4, 0.5) is 0 Å². The molecule has 1 nitrogen and oxygen atoms in total. The summed E-state index contributed by atoms with van der Waals surface area (Å²) < 4.78 is 5.72. The Labute approximate surface area is 145 Å². The summed E-state index contributed by atoms with van der Waals surface area (Å²) >= 11 is 0. The zero-order chi connectivity index (χ0) is 15.4. The molecule has 0 aliphatic carbocycles. The molecule has 0 aliphatic rings. The SMILES string of the molecule is CCCCCCCCCCOCCCCCCCCCC.P. The van der Waals surface area contributed by atoms with Gasteiger partial charge in [-0.25, -0.2) is 0 Å². The Morgan fingerprint density at radius 3 is 1.00 bits per heavy atom. The third kappa shape index (κ3) is 22.7. The first-order valence-corrected chi connectivity index (χ1v) is 9.99. The lowest BCUT2D eigenvalue weighted by Gasteiger charge is -2.05. The lowest BCUT2D eigenvalue weighted by atomic mass is 10.1. The fourth-order valence-corrected chi connectivity index (χ4v) is 2.78. The number of rotatable bonds is 18. The van der Waals surface area contributed by atoms with Gasteiger partial charge in [0, 0.05) is 13.2 Å². The summed E-state index contributed by atoms with van der Waals surface area (Å²) in [7, 11) is 0. The normalized spacial score (nSPS) is 10.6. The van der Waals surface area contributed by atoms with Crippen LogP contribution in [0.1, 0.15) is 117 Å². The van der Waals surface area contributed by atoms with Gasteiger partial charge in [-0.2, -0.15) is 9.90 Å². The number of ether oxygens (including phenoxy) is 1. The van der Waals surface area contributed by atoms with Crippen molar-refractivity contribution >= 4 is 9.90 Å². The monoisotopic (exact) mass is 332 g/mol. The predicted octanol–water partition coefficient (Wildman–Crippen LogP) is 7.34. The fourth-order valence-electron chi connectivity index (χ4n) is 2.78. The molecule has 0 fully saturated rings. The Morgan fingerprint density at radius 2 is 0.682 bits per heavy atom. The summed E-state index contributed by atoms with van der Waals surface area (Å²) in [5.41, 5.74) is 0. The van der Waals surface area contributed by atoms with Crippen LogP contribution in [0.3, 0.4) is 0 Å². The number of hydrogen-bond donors (Lipinski definition) is 0. The van der Waals surface area contributed by atoms with Crippen molar-refractivity contribution in [2.75, 3.05) is 13.2 Å². The van der Waals surface area contributed by atoms with Gasteiger partial charge in [-0.3, -0.25) is 0 Å². The van der Waals surface area contributed by atoms with E-state index in [1.54, 1.807) is 0 Å². The molecule has 1 unspecified atom stereocenters. The van der Waals surface area contributed by atoms with Crippen molar-refractivity contribution in [1.29, 1.82) is 0 Å². The Kier molecular flexibility index (Phi) is 26.5. The Balaban J connectivity index is 0. The van der Waals surface area contributed by atoms with Crippen molar-refractivity contribution in [3.8, 4) is 0 Å². The van der Waals surface area contributed by atoms with E-state index in [1.807, 2.05) is 0 Å². The van der Waals surface area contributed by atoms with Gasteiger partial charge in [0.25, 0.3) is 0 Å². The first-order chi connectivity index (χ1) is 10.4. The Morgan fingerprint density at radius 1 is 0.409 bits per heavy atom. The molecule has 136 valence electrons. The van der Waals surface area contributed by atoms with Gasteiger partial charge in [0.05, 0.1) is 0 Å². The number of hydrogen-bond acceptors (Lipinski definition) is 1. The van der Waals surface area contributed by atoms with Crippen LogP contribution in [-0.4, -0.2) is 13.2 Å². The van der Waals surface area contributed by atoms with Gasteiger partial charge >= 0.3 is 0 Å². The van der Waals surface area contributed by atoms with Crippen LogP contribution < -0.4 is 0 Å². The topological polar surface area (TPSA) is 9.23 Å². The molecule has 1 atom stereocenters. The zero-order valence-corrected chi connectivity index (χ0v) is 17.3. The lowest BCUT2D eigenvalue weighted by molar-refractivity contribution is 0.125. The summed E-state index contributed by atoms with van der Waals surface area (Å²) in [5, 5.41) is 0. The van der Waals surface area contributed by atoms with Crippen molar-refractivity contribution in [3.63, 3.8) is 0 Å². The highest BCUT2D eigenvalue weighted by Gasteiger charge is 1.94. The van der Waals surface area contributed by atoms with Crippen molar-refractivity contribution in [3.05, 3.63) is 0 Å². The van der Waals surface area contributed by atoms with E-state index in [1.165, 1.54) is 103 Å². The third-order valence-electron chi connectivity index (χ3n) is 4.28. The van der Waals surface area contributed by atoms with E-state index in [-0.39, 0.29) is 9.90 Å². The molecule has 0 saturated heterocycles. The maximum absolute atomic E-state index is 5.72. The van der Waals surface area contributed by atoms with Crippen LogP contribution >= 0.6 is 9.90 Å². The van der Waals surface area contributed by atoms with Crippen molar-refractivity contribution in [1.82, 2.24) is 0 Å². The minimum Gasteiger partial charge on any atom is -0.381 e. The van der Waals surface area contributed by atoms with Crippen molar-refractivity contribution < 1.29 is 4.74 Å². The quantitative estimate of drug-likeness (QED) is 0.188. The molecule has 0 heterocycles. The van der Waals surface area contributed by atoms with Gasteiger partial charge in [-0.15, -0.1) is 0 Å². The smallest absolute Gasteiger partial charge is 0.0466 e. The standard InChI is InChI=1S/C20H42O.H3P/c1-3-5-7-9-11-13-15-17-19-21-20-18-16-14-12-10-8-6-4-2;/h3-20H2,1-2H3;1H3. The maximum atomic E-state index is 5.72. The highest BCUT2D eigenvalue weighted by molar-refractivity contribution is 6.92. The van der Waals surface area contributed by atoms with E-state index in [0.29, 0.717) is 0 Å². The summed E-state index contributed by atoms with van der Waals surface area (Å²) in [5.74, 6) is 0. The van der Waals surface area contributed by atoms with E-state index in [2.05, 4.69) is 13.8 Å². The van der Waals surface area contributed by atoms with Gasteiger partial charge in [0.2, 0.25) is 0 Å². The molecule has 0 spiro atoms. The molecule has 0 aromatic carbocycles. The predicted molar refractivity (Wildman–Crippen MR) is 107 cm³/mol. The second-order valence-electron chi connectivity index (χ2n) is 6.56. The van der Waals surface area contributed by atoms with Gasteiger partial charge < -0.3 is 4.74 Å². The molecule has 0 amide bonds. The first-order valence-electron chi connectivity index (χ1n) is 9.99. The van der Waals surface area contributed by atoms with E-state index in [4.69, 9.17) is 4.74 Å². The van der Waals surface area contributed by atoms with Crippen LogP contribution in [0.2, 0.25) is 0 Å². The van der Waals surface area contributed by atoms with Gasteiger partial charge in [0.15, 0.2) is 0 Å². The van der Waals surface area contributed by atoms with E-state index < -0.39 is 0 Å². The van der Waals surface area contributed by atoms with Crippen LogP contribution in [-0.2, 0) is 4.74 Å². The highest BCUT2D eigenvalue weighted by Crippen LogP contribution is 2.10. The van der Waals surface area contributed by atoms with Crippen LogP contribution in [0.25, 0.3) is 0 Å². The Bertz CT molecular complexity index is 155. The zero-order valence-electron chi connectivity index (χ0n) is 15.8. The summed E-state index contributed by atoms with van der Waals surface area (Å²) in [6.07, 6.45) is 22.2. The van der Waals surface area contributed by atoms with Gasteiger partial charge in [-0.1, -0.05) is 104 Å².